The van der Waals surface area contributed by atoms with Crippen molar-refractivity contribution in [1.29, 1.82) is 0 Å². The number of hydrogen-bond donors (Lipinski definition) is 1. The second kappa shape index (κ2) is 8.71. The molecule has 0 amide bonds. The van der Waals surface area contributed by atoms with Crippen molar-refractivity contribution in [2.75, 3.05) is 6.54 Å². The van der Waals surface area contributed by atoms with Gasteiger partial charge in [0.15, 0.2) is 0 Å². The molecule has 0 aliphatic carbocycles. The lowest BCUT2D eigenvalue weighted by molar-refractivity contribution is 0.561. The Hall–Kier alpha value is -1.83. The van der Waals surface area contributed by atoms with Crippen LogP contribution in [-0.2, 0) is 6.42 Å². The maximum atomic E-state index is 3.66. The van der Waals surface area contributed by atoms with E-state index in [9.17, 15) is 0 Å². The number of halogens is 1. The van der Waals surface area contributed by atoms with Gasteiger partial charge in [0, 0.05) is 6.04 Å². The van der Waals surface area contributed by atoms with E-state index in [2.05, 4.69) is 85.0 Å². The van der Waals surface area contributed by atoms with Gasteiger partial charge in [-0.1, -0.05) is 72.8 Å². The molecular formula is C21H24ClN. The summed E-state index contributed by atoms with van der Waals surface area (Å²) in [6, 6.07) is 26.3. The lowest BCUT2D eigenvalue weighted by Crippen LogP contribution is -2.20. The van der Waals surface area contributed by atoms with E-state index in [1.807, 2.05) is 0 Å². The summed E-state index contributed by atoms with van der Waals surface area (Å²) >= 11 is 0. The predicted molar refractivity (Wildman–Crippen MR) is 102 cm³/mol. The van der Waals surface area contributed by atoms with Gasteiger partial charge in [-0.2, -0.15) is 0 Å². The van der Waals surface area contributed by atoms with E-state index in [1.165, 1.54) is 28.3 Å². The van der Waals surface area contributed by atoms with Crippen molar-refractivity contribution < 1.29 is 0 Å². The van der Waals surface area contributed by atoms with Crippen molar-refractivity contribution in [3.63, 3.8) is 0 Å². The summed E-state index contributed by atoms with van der Waals surface area (Å²) in [6.45, 7) is 3.30. The SMILES string of the molecule is CC(NCCCc1ccccc1)c1cccc2ccccc12.Cl. The highest BCUT2D eigenvalue weighted by molar-refractivity contribution is 5.86. The molecule has 0 saturated carbocycles. The summed E-state index contributed by atoms with van der Waals surface area (Å²) in [4.78, 5) is 0. The highest BCUT2D eigenvalue weighted by Gasteiger charge is 2.08. The van der Waals surface area contributed by atoms with Crippen LogP contribution in [0.5, 0.6) is 0 Å². The van der Waals surface area contributed by atoms with Gasteiger partial charge in [-0.05, 0) is 48.2 Å². The Balaban J connectivity index is 0.00000192. The minimum Gasteiger partial charge on any atom is -0.310 e. The first-order chi connectivity index (χ1) is 10.8. The maximum absolute atomic E-state index is 3.66. The van der Waals surface area contributed by atoms with E-state index in [1.54, 1.807) is 0 Å². The molecule has 1 N–H and O–H groups in total. The fourth-order valence-corrected chi connectivity index (χ4v) is 2.99. The first-order valence-electron chi connectivity index (χ1n) is 8.09. The third-order valence-electron chi connectivity index (χ3n) is 4.23. The number of rotatable bonds is 6. The molecule has 0 aromatic heterocycles. The van der Waals surface area contributed by atoms with Crippen molar-refractivity contribution in [2.45, 2.75) is 25.8 Å². The molecule has 1 atom stereocenters. The van der Waals surface area contributed by atoms with Crippen LogP contribution in [0.4, 0.5) is 0 Å². The Bertz CT molecular complexity index is 719. The summed E-state index contributed by atoms with van der Waals surface area (Å²) < 4.78 is 0. The van der Waals surface area contributed by atoms with Gasteiger partial charge in [-0.3, -0.25) is 0 Å². The second-order valence-electron chi connectivity index (χ2n) is 5.83. The van der Waals surface area contributed by atoms with Crippen LogP contribution in [-0.4, -0.2) is 6.54 Å². The van der Waals surface area contributed by atoms with Gasteiger partial charge in [-0.15, -0.1) is 12.4 Å². The number of benzene rings is 3. The predicted octanol–water partition coefficient (Wildman–Crippen LogP) is 5.55. The quantitative estimate of drug-likeness (QED) is 0.586. The van der Waals surface area contributed by atoms with Gasteiger partial charge < -0.3 is 5.32 Å². The molecule has 3 aromatic carbocycles. The van der Waals surface area contributed by atoms with Gasteiger partial charge in [-0.25, -0.2) is 0 Å². The molecule has 2 heteroatoms. The molecule has 0 saturated heterocycles. The van der Waals surface area contributed by atoms with Crippen molar-refractivity contribution in [3.8, 4) is 0 Å². The molecule has 0 spiro atoms. The topological polar surface area (TPSA) is 12.0 Å². The average molecular weight is 326 g/mol. The van der Waals surface area contributed by atoms with E-state index in [0.29, 0.717) is 6.04 Å². The van der Waals surface area contributed by atoms with E-state index >= 15 is 0 Å². The van der Waals surface area contributed by atoms with Crippen molar-refractivity contribution >= 4 is 23.2 Å². The summed E-state index contributed by atoms with van der Waals surface area (Å²) in [5.74, 6) is 0. The molecule has 0 radical (unpaired) electrons. The van der Waals surface area contributed by atoms with Crippen molar-refractivity contribution in [3.05, 3.63) is 83.9 Å². The van der Waals surface area contributed by atoms with Crippen LogP contribution in [0.1, 0.15) is 30.5 Å². The standard InChI is InChI=1S/C21H23N.ClH/c1-17(22-16-8-11-18-9-3-2-4-10-18)20-15-7-13-19-12-5-6-14-21(19)20;/h2-7,9-10,12-15,17,22H,8,11,16H2,1H3;1H. The van der Waals surface area contributed by atoms with E-state index in [4.69, 9.17) is 0 Å². The van der Waals surface area contributed by atoms with Crippen LogP contribution in [0.3, 0.4) is 0 Å². The fourth-order valence-electron chi connectivity index (χ4n) is 2.99. The van der Waals surface area contributed by atoms with Crippen LogP contribution in [0.15, 0.2) is 72.8 Å². The van der Waals surface area contributed by atoms with Crippen molar-refractivity contribution in [2.24, 2.45) is 0 Å². The second-order valence-corrected chi connectivity index (χ2v) is 5.83. The largest absolute Gasteiger partial charge is 0.310 e. The first-order valence-corrected chi connectivity index (χ1v) is 8.09. The number of fused-ring (bicyclic) bond motifs is 1. The fraction of sp³-hybridized carbons (Fsp3) is 0.238. The number of nitrogens with one attached hydrogen (secondary N) is 1. The van der Waals surface area contributed by atoms with Crippen LogP contribution < -0.4 is 5.32 Å². The van der Waals surface area contributed by atoms with Crippen LogP contribution in [0.2, 0.25) is 0 Å². The summed E-state index contributed by atoms with van der Waals surface area (Å²) in [6.07, 6.45) is 2.30. The molecule has 1 nitrogen and oxygen atoms in total. The Morgan fingerprint density at radius 1 is 0.826 bits per heavy atom. The molecule has 3 aromatic rings. The zero-order valence-corrected chi connectivity index (χ0v) is 14.4. The van der Waals surface area contributed by atoms with Gasteiger partial charge >= 0.3 is 0 Å². The lowest BCUT2D eigenvalue weighted by Gasteiger charge is -2.16. The highest BCUT2D eigenvalue weighted by Crippen LogP contribution is 2.23. The molecule has 0 aliphatic rings. The molecular weight excluding hydrogens is 302 g/mol. The summed E-state index contributed by atoms with van der Waals surface area (Å²) in [5, 5.41) is 6.33. The minimum absolute atomic E-state index is 0. The van der Waals surface area contributed by atoms with Gasteiger partial charge in [0.2, 0.25) is 0 Å². The minimum atomic E-state index is 0. The normalized spacial score (nSPS) is 11.9. The molecule has 3 rings (SSSR count). The highest BCUT2D eigenvalue weighted by atomic mass is 35.5. The number of aryl methyl sites for hydroxylation is 1. The summed E-state index contributed by atoms with van der Waals surface area (Å²) in [7, 11) is 0. The van der Waals surface area contributed by atoms with Crippen molar-refractivity contribution in [1.82, 2.24) is 5.32 Å². The van der Waals surface area contributed by atoms with Crippen LogP contribution in [0, 0.1) is 0 Å². The zero-order valence-electron chi connectivity index (χ0n) is 13.5. The average Bonchev–Trinajstić information content (AvgIpc) is 2.59. The van der Waals surface area contributed by atoms with Crippen LogP contribution in [0.25, 0.3) is 10.8 Å². The van der Waals surface area contributed by atoms with Gasteiger partial charge in [0.05, 0.1) is 0 Å². The Kier molecular flexibility index (Phi) is 6.64. The monoisotopic (exact) mass is 325 g/mol. The number of hydrogen-bond acceptors (Lipinski definition) is 1. The zero-order chi connectivity index (χ0) is 15.2. The third-order valence-corrected chi connectivity index (χ3v) is 4.23. The Labute approximate surface area is 145 Å². The summed E-state index contributed by atoms with van der Waals surface area (Å²) in [5.41, 5.74) is 2.81. The molecule has 1 unspecified atom stereocenters. The molecule has 0 bridgehead atoms. The van der Waals surface area contributed by atoms with Gasteiger partial charge in [0.25, 0.3) is 0 Å². The van der Waals surface area contributed by atoms with E-state index < -0.39 is 0 Å². The Morgan fingerprint density at radius 3 is 2.35 bits per heavy atom. The first kappa shape index (κ1) is 17.5. The molecule has 0 heterocycles. The Morgan fingerprint density at radius 2 is 1.52 bits per heavy atom. The lowest BCUT2D eigenvalue weighted by atomic mass is 9.99. The van der Waals surface area contributed by atoms with Gasteiger partial charge in [0.1, 0.15) is 0 Å². The molecule has 120 valence electrons. The maximum Gasteiger partial charge on any atom is 0.0297 e. The van der Waals surface area contributed by atoms with E-state index in [0.717, 1.165) is 13.0 Å². The van der Waals surface area contributed by atoms with Crippen LogP contribution >= 0.6 is 12.4 Å². The smallest absolute Gasteiger partial charge is 0.0297 e. The molecule has 23 heavy (non-hydrogen) atoms. The van der Waals surface area contributed by atoms with E-state index in [-0.39, 0.29) is 12.4 Å². The molecule has 0 aliphatic heterocycles. The third kappa shape index (κ3) is 4.57. The molecule has 0 fully saturated rings.